The summed E-state index contributed by atoms with van der Waals surface area (Å²) in [5, 5.41) is 1.99. The first kappa shape index (κ1) is 21.0. The summed E-state index contributed by atoms with van der Waals surface area (Å²) in [6, 6.07) is 26.9. The van der Waals surface area contributed by atoms with Gasteiger partial charge in [0.2, 0.25) is 0 Å². The van der Waals surface area contributed by atoms with Crippen LogP contribution in [0.4, 0.5) is 5.69 Å². The van der Waals surface area contributed by atoms with Gasteiger partial charge in [0.15, 0.2) is 5.84 Å². The van der Waals surface area contributed by atoms with Crippen LogP contribution in [-0.2, 0) is 11.4 Å². The van der Waals surface area contributed by atoms with Crippen LogP contribution in [0.25, 0.3) is 11.1 Å². The molecule has 0 atom stereocenters. The van der Waals surface area contributed by atoms with E-state index in [2.05, 4.69) is 81.9 Å². The maximum atomic E-state index is 6.16. The molecule has 158 valence electrons. The molecule has 0 saturated carbocycles. The van der Waals surface area contributed by atoms with E-state index in [0.29, 0.717) is 12.4 Å². The lowest BCUT2D eigenvalue weighted by molar-refractivity contribution is -0.208. The molecule has 1 fully saturated rings. The molecule has 0 aromatic heterocycles. The smallest absolute Gasteiger partial charge is 0.154 e. The summed E-state index contributed by atoms with van der Waals surface area (Å²) < 4.78 is 0. The highest BCUT2D eigenvalue weighted by molar-refractivity contribution is 6.03. The first-order valence-corrected chi connectivity index (χ1v) is 10.6. The van der Waals surface area contributed by atoms with Crippen molar-refractivity contribution in [1.29, 1.82) is 0 Å². The Bertz CT molecular complexity index is 1100. The van der Waals surface area contributed by atoms with Crippen LogP contribution in [0.5, 0.6) is 0 Å². The van der Waals surface area contributed by atoms with Gasteiger partial charge in [0, 0.05) is 5.56 Å². The van der Waals surface area contributed by atoms with Gasteiger partial charge in [0.05, 0.1) is 17.8 Å². The molecule has 0 aliphatic carbocycles. The SMILES string of the molecule is C=NC(=NCc1ccccc1)c1cc(-c2ccccc2)cc(N2OC(C)(C)C2(C)C)c1. The molecule has 1 aliphatic heterocycles. The maximum absolute atomic E-state index is 6.16. The second-order valence-corrected chi connectivity index (χ2v) is 8.87. The first-order chi connectivity index (χ1) is 14.8. The number of amidine groups is 1. The summed E-state index contributed by atoms with van der Waals surface area (Å²) >= 11 is 0. The first-order valence-electron chi connectivity index (χ1n) is 10.6. The minimum Gasteiger partial charge on any atom is -0.264 e. The van der Waals surface area contributed by atoms with Gasteiger partial charge in [0.25, 0.3) is 0 Å². The quantitative estimate of drug-likeness (QED) is 0.364. The van der Waals surface area contributed by atoms with Gasteiger partial charge in [0.1, 0.15) is 5.60 Å². The number of hydrogen-bond acceptors (Lipinski definition) is 3. The van der Waals surface area contributed by atoms with Gasteiger partial charge in [-0.25, -0.2) is 10.1 Å². The van der Waals surface area contributed by atoms with Crippen molar-refractivity contribution in [3.63, 3.8) is 0 Å². The minimum atomic E-state index is -0.239. The highest BCUT2D eigenvalue weighted by Crippen LogP contribution is 2.46. The van der Waals surface area contributed by atoms with Crippen molar-refractivity contribution < 1.29 is 4.84 Å². The number of hydrogen-bond donors (Lipinski definition) is 0. The van der Waals surface area contributed by atoms with Gasteiger partial charge in [-0.3, -0.25) is 9.83 Å². The number of benzene rings is 3. The lowest BCUT2D eigenvalue weighted by atomic mass is 9.81. The molecule has 0 radical (unpaired) electrons. The van der Waals surface area contributed by atoms with Crippen molar-refractivity contribution in [3.8, 4) is 11.1 Å². The summed E-state index contributed by atoms with van der Waals surface area (Å²) in [6.07, 6.45) is 0. The molecule has 0 spiro atoms. The molecule has 0 bridgehead atoms. The van der Waals surface area contributed by atoms with Crippen LogP contribution >= 0.6 is 0 Å². The average Bonchev–Trinajstić information content (AvgIpc) is 2.79. The fraction of sp³-hybridized carbons (Fsp3) is 0.259. The van der Waals surface area contributed by atoms with Gasteiger partial charge in [-0.1, -0.05) is 60.7 Å². The van der Waals surface area contributed by atoms with Gasteiger partial charge in [-0.05, 0) is 69.3 Å². The average molecular weight is 412 g/mol. The second-order valence-electron chi connectivity index (χ2n) is 8.87. The highest BCUT2D eigenvalue weighted by Gasteiger charge is 2.55. The Labute approximate surface area is 184 Å². The van der Waals surface area contributed by atoms with Crippen molar-refractivity contribution in [2.45, 2.75) is 45.4 Å². The summed E-state index contributed by atoms with van der Waals surface area (Å²) in [7, 11) is 0. The van der Waals surface area contributed by atoms with E-state index in [1.54, 1.807) is 0 Å². The molecule has 4 heteroatoms. The van der Waals surface area contributed by atoms with Crippen molar-refractivity contribution in [1.82, 2.24) is 0 Å². The van der Waals surface area contributed by atoms with Crippen LogP contribution in [0, 0.1) is 0 Å². The molecule has 4 nitrogen and oxygen atoms in total. The van der Waals surface area contributed by atoms with Crippen LogP contribution < -0.4 is 5.06 Å². The molecule has 3 aromatic rings. The predicted molar refractivity (Wildman–Crippen MR) is 130 cm³/mol. The van der Waals surface area contributed by atoms with E-state index in [1.807, 2.05) is 41.5 Å². The topological polar surface area (TPSA) is 37.2 Å². The van der Waals surface area contributed by atoms with Gasteiger partial charge in [-0.15, -0.1) is 0 Å². The van der Waals surface area contributed by atoms with Crippen molar-refractivity contribution in [2.24, 2.45) is 9.98 Å². The van der Waals surface area contributed by atoms with Crippen LogP contribution in [0.1, 0.15) is 38.8 Å². The van der Waals surface area contributed by atoms with Crippen molar-refractivity contribution >= 4 is 18.2 Å². The highest BCUT2D eigenvalue weighted by atomic mass is 16.7. The molecule has 4 rings (SSSR count). The second kappa shape index (κ2) is 8.12. The van der Waals surface area contributed by atoms with Crippen LogP contribution in [-0.4, -0.2) is 23.7 Å². The Morgan fingerprint density at radius 2 is 1.52 bits per heavy atom. The van der Waals surface area contributed by atoms with Crippen molar-refractivity contribution in [3.05, 3.63) is 90.0 Å². The molecule has 1 aliphatic rings. The fourth-order valence-corrected chi connectivity index (χ4v) is 3.67. The number of anilines is 1. The van der Waals surface area contributed by atoms with E-state index in [4.69, 9.17) is 9.83 Å². The Kier molecular flexibility index (Phi) is 5.50. The van der Waals surface area contributed by atoms with E-state index in [9.17, 15) is 0 Å². The molecule has 3 aromatic carbocycles. The molecular formula is C27H29N3O. The zero-order valence-corrected chi connectivity index (χ0v) is 18.7. The summed E-state index contributed by atoms with van der Waals surface area (Å²) in [4.78, 5) is 15.2. The normalized spacial score (nSPS) is 17.2. The van der Waals surface area contributed by atoms with E-state index in [0.717, 1.165) is 27.9 Å². The van der Waals surface area contributed by atoms with Gasteiger partial charge >= 0.3 is 0 Å². The summed E-state index contributed by atoms with van der Waals surface area (Å²) in [5.74, 6) is 0.625. The zero-order chi connectivity index (χ0) is 22.1. The number of nitrogens with zero attached hydrogens (tertiary/aromatic N) is 3. The molecule has 1 saturated heterocycles. The largest absolute Gasteiger partial charge is 0.264 e. The van der Waals surface area contributed by atoms with Gasteiger partial charge in [-0.2, -0.15) is 0 Å². The van der Waals surface area contributed by atoms with Crippen LogP contribution in [0.15, 0.2) is 88.8 Å². The predicted octanol–water partition coefficient (Wildman–Crippen LogP) is 6.31. The Morgan fingerprint density at radius 1 is 0.871 bits per heavy atom. The van der Waals surface area contributed by atoms with E-state index in [-0.39, 0.29) is 11.1 Å². The Balaban J connectivity index is 1.77. The molecular weight excluding hydrogens is 382 g/mol. The molecule has 0 N–H and O–H groups in total. The standard InChI is InChI=1S/C27H29N3O/c1-26(2)27(3,4)31-30(26)24-17-22(21-14-10-7-11-15-21)16-23(18-24)25(28-5)29-19-20-12-8-6-9-13-20/h6-18H,5,19H2,1-4H3. The van der Waals surface area contributed by atoms with E-state index < -0.39 is 0 Å². The lowest BCUT2D eigenvalue weighted by Crippen LogP contribution is -2.72. The number of aliphatic imine (C=N–C) groups is 2. The zero-order valence-electron chi connectivity index (χ0n) is 18.7. The van der Waals surface area contributed by atoms with Gasteiger partial charge < -0.3 is 0 Å². The molecule has 1 heterocycles. The molecule has 31 heavy (non-hydrogen) atoms. The van der Waals surface area contributed by atoms with E-state index in [1.165, 1.54) is 0 Å². The van der Waals surface area contributed by atoms with E-state index >= 15 is 0 Å². The third kappa shape index (κ3) is 4.04. The lowest BCUT2D eigenvalue weighted by Gasteiger charge is -2.60. The fourth-order valence-electron chi connectivity index (χ4n) is 3.67. The third-order valence-electron chi connectivity index (χ3n) is 6.22. The maximum Gasteiger partial charge on any atom is 0.154 e. The Hall–Kier alpha value is -3.24. The minimum absolute atomic E-state index is 0.150. The summed E-state index contributed by atoms with van der Waals surface area (Å²) in [6.45, 7) is 13.0. The number of rotatable bonds is 5. The molecule has 0 unspecified atom stereocenters. The van der Waals surface area contributed by atoms with Crippen molar-refractivity contribution in [2.75, 3.05) is 5.06 Å². The summed E-state index contributed by atoms with van der Waals surface area (Å²) in [5.41, 5.74) is 4.88. The van der Waals surface area contributed by atoms with Crippen LogP contribution in [0.2, 0.25) is 0 Å². The monoisotopic (exact) mass is 411 g/mol. The third-order valence-corrected chi connectivity index (χ3v) is 6.22. The Morgan fingerprint density at radius 3 is 2.10 bits per heavy atom. The number of hydroxylamine groups is 1. The molecule has 0 amide bonds. The van der Waals surface area contributed by atoms with Crippen LogP contribution in [0.3, 0.4) is 0 Å².